The maximum absolute atomic E-state index is 11.8. The van der Waals surface area contributed by atoms with E-state index in [4.69, 9.17) is 20.8 Å². The number of aromatic nitrogens is 2. The molecule has 2 heterocycles. The van der Waals surface area contributed by atoms with Crippen molar-refractivity contribution in [2.24, 2.45) is 0 Å². The normalized spacial score (nSPS) is 11.0. The highest BCUT2D eigenvalue weighted by Crippen LogP contribution is 2.32. The van der Waals surface area contributed by atoms with Crippen LogP contribution in [-0.4, -0.2) is 22.1 Å². The third kappa shape index (κ3) is 3.08. The summed E-state index contributed by atoms with van der Waals surface area (Å²) in [4.78, 5) is 16.0. The van der Waals surface area contributed by atoms with Crippen molar-refractivity contribution in [3.8, 4) is 11.5 Å². The lowest BCUT2D eigenvalue weighted by atomic mass is 10.2. The van der Waals surface area contributed by atoms with Gasteiger partial charge in [-0.15, -0.1) is 0 Å². The molecule has 0 saturated carbocycles. The van der Waals surface area contributed by atoms with E-state index in [1.807, 2.05) is 31.3 Å². The minimum atomic E-state index is -0.504. The summed E-state index contributed by atoms with van der Waals surface area (Å²) >= 11 is 6.14. The summed E-state index contributed by atoms with van der Waals surface area (Å²) in [5, 5.41) is 1.52. The van der Waals surface area contributed by atoms with Gasteiger partial charge in [-0.1, -0.05) is 23.8 Å². The van der Waals surface area contributed by atoms with Crippen LogP contribution in [0, 0.1) is 0 Å². The Morgan fingerprint density at radius 1 is 1.46 bits per heavy atom. The smallest absolute Gasteiger partial charge is 0.360 e. The molecule has 0 aliphatic carbocycles. The zero-order chi connectivity index (χ0) is 17.3. The lowest BCUT2D eigenvalue weighted by molar-refractivity contribution is 0.0519. The van der Waals surface area contributed by atoms with Crippen LogP contribution in [0.3, 0.4) is 0 Å². The van der Waals surface area contributed by atoms with Crippen LogP contribution in [-0.2, 0) is 11.3 Å². The molecule has 0 N–H and O–H groups in total. The second-order valence-corrected chi connectivity index (χ2v) is 5.98. The summed E-state index contributed by atoms with van der Waals surface area (Å²) in [5.41, 5.74) is 2.93. The van der Waals surface area contributed by atoms with Gasteiger partial charge in [0, 0.05) is 28.7 Å². The van der Waals surface area contributed by atoms with Gasteiger partial charge in [0.05, 0.1) is 12.2 Å². The summed E-state index contributed by atoms with van der Waals surface area (Å²) in [5.74, 6) is -0.151. The van der Waals surface area contributed by atoms with E-state index in [0.29, 0.717) is 17.5 Å². The predicted molar refractivity (Wildman–Crippen MR) is 93.2 cm³/mol. The van der Waals surface area contributed by atoms with Gasteiger partial charge < -0.3 is 13.7 Å². The van der Waals surface area contributed by atoms with Crippen molar-refractivity contribution >= 4 is 28.5 Å². The maximum atomic E-state index is 11.8. The average molecular weight is 345 g/mol. The quantitative estimate of drug-likeness (QED) is 0.497. The number of fused-ring (bicyclic) bond motifs is 1. The molecule has 0 saturated heterocycles. The molecule has 0 radical (unpaired) electrons. The summed E-state index contributed by atoms with van der Waals surface area (Å²) in [6.45, 7) is 8.62. The number of hydrogen-bond acceptors (Lipinski definition) is 4. The number of carbonyl (C=O) groups excluding carboxylic acids is 1. The van der Waals surface area contributed by atoms with Crippen molar-refractivity contribution < 1.29 is 13.9 Å². The molecule has 1 aromatic carbocycles. The Labute approximate surface area is 144 Å². The number of rotatable bonds is 5. The van der Waals surface area contributed by atoms with Crippen LogP contribution in [0.15, 0.2) is 47.2 Å². The van der Waals surface area contributed by atoms with Gasteiger partial charge in [-0.2, -0.15) is 0 Å². The van der Waals surface area contributed by atoms with Gasteiger partial charge in [-0.05, 0) is 32.0 Å². The summed E-state index contributed by atoms with van der Waals surface area (Å²) in [6.07, 6.45) is 3.23. The van der Waals surface area contributed by atoms with E-state index in [-0.39, 0.29) is 12.3 Å². The summed E-state index contributed by atoms with van der Waals surface area (Å²) < 4.78 is 12.5. The van der Waals surface area contributed by atoms with Crippen molar-refractivity contribution in [1.82, 2.24) is 9.55 Å². The maximum Gasteiger partial charge on any atom is 0.360 e. The SMILES string of the molecule is C=C(C)Cn1cc(-c2nc(C(=O)OCC)co2)c2cc(Cl)ccc21. The van der Waals surface area contributed by atoms with Crippen molar-refractivity contribution in [2.45, 2.75) is 20.4 Å². The van der Waals surface area contributed by atoms with Gasteiger partial charge in [0.2, 0.25) is 5.89 Å². The molecule has 3 rings (SSSR count). The van der Waals surface area contributed by atoms with E-state index in [2.05, 4.69) is 16.1 Å². The fourth-order valence-corrected chi connectivity index (χ4v) is 2.73. The van der Waals surface area contributed by atoms with Crippen LogP contribution in [0.4, 0.5) is 0 Å². The molecule has 0 bridgehead atoms. The number of carbonyl (C=O) groups is 1. The van der Waals surface area contributed by atoms with Crippen LogP contribution in [0.25, 0.3) is 22.4 Å². The minimum Gasteiger partial charge on any atom is -0.461 e. The highest BCUT2D eigenvalue weighted by molar-refractivity contribution is 6.31. The Bertz CT molecular complexity index is 924. The number of ether oxygens (including phenoxy) is 1. The van der Waals surface area contributed by atoms with Gasteiger partial charge >= 0.3 is 5.97 Å². The number of halogens is 1. The van der Waals surface area contributed by atoms with E-state index in [1.54, 1.807) is 6.92 Å². The Balaban J connectivity index is 2.10. The lowest BCUT2D eigenvalue weighted by Crippen LogP contribution is -2.04. The minimum absolute atomic E-state index is 0.148. The Morgan fingerprint density at radius 3 is 2.96 bits per heavy atom. The number of hydrogen-bond donors (Lipinski definition) is 0. The monoisotopic (exact) mass is 344 g/mol. The third-order valence-electron chi connectivity index (χ3n) is 3.50. The topological polar surface area (TPSA) is 57.3 Å². The number of nitrogens with zero attached hydrogens (tertiary/aromatic N) is 2. The molecule has 6 heteroatoms. The molecule has 0 spiro atoms. The first kappa shape index (κ1) is 16.3. The van der Waals surface area contributed by atoms with Gasteiger partial charge in [-0.25, -0.2) is 9.78 Å². The van der Waals surface area contributed by atoms with E-state index >= 15 is 0 Å². The second kappa shape index (κ2) is 6.53. The summed E-state index contributed by atoms with van der Waals surface area (Å²) in [7, 11) is 0. The van der Waals surface area contributed by atoms with Crippen LogP contribution in [0.2, 0.25) is 5.02 Å². The van der Waals surface area contributed by atoms with E-state index in [0.717, 1.165) is 22.0 Å². The van der Waals surface area contributed by atoms with Gasteiger partial charge in [-0.3, -0.25) is 0 Å². The first-order valence-corrected chi connectivity index (χ1v) is 7.93. The zero-order valence-electron chi connectivity index (χ0n) is 13.5. The molecule has 2 aromatic heterocycles. The van der Waals surface area contributed by atoms with Crippen molar-refractivity contribution in [2.75, 3.05) is 6.61 Å². The van der Waals surface area contributed by atoms with Crippen molar-refractivity contribution in [3.63, 3.8) is 0 Å². The van der Waals surface area contributed by atoms with Crippen molar-refractivity contribution in [3.05, 3.63) is 53.5 Å². The molecular formula is C18H17ClN2O3. The molecule has 5 nitrogen and oxygen atoms in total. The fraction of sp³-hybridized carbons (Fsp3) is 0.222. The summed E-state index contributed by atoms with van der Waals surface area (Å²) in [6, 6.07) is 5.64. The molecule has 0 aliphatic rings. The van der Waals surface area contributed by atoms with Crippen LogP contribution in [0.1, 0.15) is 24.3 Å². The molecule has 0 unspecified atom stereocenters. The highest BCUT2D eigenvalue weighted by Gasteiger charge is 2.18. The first-order valence-electron chi connectivity index (χ1n) is 7.55. The molecule has 3 aromatic rings. The standard InChI is InChI=1S/C18H17ClN2O3/c1-4-23-18(22)15-10-24-17(20-15)14-9-21(8-11(2)3)16-6-5-12(19)7-13(14)16/h5-7,9-10H,2,4,8H2,1,3H3. The van der Waals surface area contributed by atoms with Gasteiger partial charge in [0.15, 0.2) is 5.69 Å². The lowest BCUT2D eigenvalue weighted by Gasteiger charge is -2.04. The van der Waals surface area contributed by atoms with Crippen LogP contribution >= 0.6 is 11.6 Å². The van der Waals surface area contributed by atoms with E-state index < -0.39 is 5.97 Å². The fourth-order valence-electron chi connectivity index (χ4n) is 2.56. The van der Waals surface area contributed by atoms with Crippen LogP contribution < -0.4 is 0 Å². The molecule has 124 valence electrons. The molecule has 0 amide bonds. The Hall–Kier alpha value is -2.53. The molecular weight excluding hydrogens is 328 g/mol. The second-order valence-electron chi connectivity index (χ2n) is 5.55. The average Bonchev–Trinajstić information content (AvgIpc) is 3.12. The third-order valence-corrected chi connectivity index (χ3v) is 3.74. The Kier molecular flexibility index (Phi) is 4.44. The van der Waals surface area contributed by atoms with E-state index in [9.17, 15) is 4.79 Å². The largest absolute Gasteiger partial charge is 0.461 e. The van der Waals surface area contributed by atoms with Gasteiger partial charge in [0.1, 0.15) is 6.26 Å². The number of oxazole rings is 1. The van der Waals surface area contributed by atoms with Crippen molar-refractivity contribution in [1.29, 1.82) is 0 Å². The molecule has 0 fully saturated rings. The molecule has 0 aliphatic heterocycles. The first-order chi connectivity index (χ1) is 11.5. The number of allylic oxidation sites excluding steroid dienone is 1. The predicted octanol–water partition coefficient (Wildman–Crippen LogP) is 4.70. The number of esters is 1. The molecule has 0 atom stereocenters. The van der Waals surface area contributed by atoms with E-state index in [1.165, 1.54) is 6.26 Å². The van der Waals surface area contributed by atoms with Gasteiger partial charge in [0.25, 0.3) is 0 Å². The zero-order valence-corrected chi connectivity index (χ0v) is 14.3. The molecule has 24 heavy (non-hydrogen) atoms. The van der Waals surface area contributed by atoms with Crippen LogP contribution in [0.5, 0.6) is 0 Å². The Morgan fingerprint density at radius 2 is 2.25 bits per heavy atom. The highest BCUT2D eigenvalue weighted by atomic mass is 35.5. The number of benzene rings is 1.